The highest BCUT2D eigenvalue weighted by Gasteiger charge is 2.39. The van der Waals surface area contributed by atoms with E-state index in [4.69, 9.17) is 4.43 Å². The van der Waals surface area contributed by atoms with Gasteiger partial charge in [-0.25, -0.2) is 4.39 Å². The second-order valence-corrected chi connectivity index (χ2v) is 9.50. The summed E-state index contributed by atoms with van der Waals surface area (Å²) >= 11 is 0. The van der Waals surface area contributed by atoms with E-state index < -0.39 is 20.1 Å². The van der Waals surface area contributed by atoms with E-state index in [-0.39, 0.29) is 0 Å². The van der Waals surface area contributed by atoms with Crippen molar-refractivity contribution in [1.82, 2.24) is 0 Å². The maximum absolute atomic E-state index is 12.9. The molecule has 14 heavy (non-hydrogen) atoms. The quantitative estimate of drug-likeness (QED) is 0.538. The maximum Gasteiger partial charge on any atom is 0.185 e. The minimum Gasteiger partial charge on any atom is -0.405 e. The van der Waals surface area contributed by atoms with E-state index in [2.05, 4.69) is 19.6 Å². The van der Waals surface area contributed by atoms with Gasteiger partial charge in [-0.15, -0.1) is 0 Å². The molecule has 1 aliphatic carbocycles. The monoisotopic (exact) mass is 218 g/mol. The van der Waals surface area contributed by atoms with Gasteiger partial charge in [0.1, 0.15) is 11.8 Å². The average molecular weight is 218 g/mol. The molecular formula is C10H19FO2Si. The molecule has 0 radical (unpaired) electrons. The van der Waals surface area contributed by atoms with Crippen molar-refractivity contribution in [2.24, 2.45) is 0 Å². The summed E-state index contributed by atoms with van der Waals surface area (Å²) in [5, 5.41) is 0. The summed E-state index contributed by atoms with van der Waals surface area (Å²) in [5.74, 6) is 0. The SMILES string of the molecule is C[Si](C)(C)O[C@]1(C=O)CC[C@@H](F)CC1. The van der Waals surface area contributed by atoms with Gasteiger partial charge in [-0.05, 0) is 45.3 Å². The molecule has 1 rings (SSSR count). The summed E-state index contributed by atoms with van der Waals surface area (Å²) in [5.41, 5.74) is -0.674. The molecule has 0 amide bonds. The lowest BCUT2D eigenvalue weighted by Gasteiger charge is -2.38. The van der Waals surface area contributed by atoms with Gasteiger partial charge >= 0.3 is 0 Å². The standard InChI is InChI=1S/C10H19FO2Si/c1-14(2,3)13-10(8-12)6-4-9(11)5-7-10/h8-9H,4-7H2,1-3H3/t9-,10-. The van der Waals surface area contributed by atoms with E-state index in [0.717, 1.165) is 6.29 Å². The fraction of sp³-hybridized carbons (Fsp3) is 0.900. The first-order valence-corrected chi connectivity index (χ1v) is 8.58. The van der Waals surface area contributed by atoms with Crippen molar-refractivity contribution in [3.05, 3.63) is 0 Å². The third-order valence-corrected chi connectivity index (χ3v) is 3.50. The first-order valence-electron chi connectivity index (χ1n) is 5.17. The molecule has 0 spiro atoms. The Balaban J connectivity index is 2.63. The van der Waals surface area contributed by atoms with Crippen LogP contribution in [0.1, 0.15) is 25.7 Å². The van der Waals surface area contributed by atoms with E-state index >= 15 is 0 Å². The zero-order chi connectivity index (χ0) is 10.8. The number of halogens is 1. The number of alkyl halides is 1. The Labute approximate surface area is 86.0 Å². The van der Waals surface area contributed by atoms with Crippen molar-refractivity contribution in [2.75, 3.05) is 0 Å². The lowest BCUT2D eigenvalue weighted by Crippen LogP contribution is -2.46. The number of hydrogen-bond donors (Lipinski definition) is 0. The van der Waals surface area contributed by atoms with Crippen LogP contribution in [0.5, 0.6) is 0 Å². The van der Waals surface area contributed by atoms with Gasteiger partial charge in [0.05, 0.1) is 0 Å². The van der Waals surface area contributed by atoms with Crippen molar-refractivity contribution in [2.45, 2.75) is 57.1 Å². The average Bonchev–Trinajstić information content (AvgIpc) is 2.07. The molecule has 4 heteroatoms. The summed E-state index contributed by atoms with van der Waals surface area (Å²) in [7, 11) is -1.71. The van der Waals surface area contributed by atoms with Gasteiger partial charge in [-0.1, -0.05) is 0 Å². The number of carbonyl (C=O) groups is 1. The molecular weight excluding hydrogens is 199 g/mol. The first kappa shape index (κ1) is 11.8. The van der Waals surface area contributed by atoms with Gasteiger partial charge in [0, 0.05) is 0 Å². The highest BCUT2D eigenvalue weighted by atomic mass is 28.4. The highest BCUT2D eigenvalue weighted by Crippen LogP contribution is 2.33. The smallest absolute Gasteiger partial charge is 0.185 e. The molecule has 0 aromatic carbocycles. The van der Waals surface area contributed by atoms with Gasteiger partial charge in [0.2, 0.25) is 0 Å². The van der Waals surface area contributed by atoms with E-state index in [1.807, 2.05) is 0 Å². The normalized spacial score (nSPS) is 34.1. The third kappa shape index (κ3) is 3.17. The topological polar surface area (TPSA) is 26.3 Å². The van der Waals surface area contributed by atoms with Gasteiger partial charge in [-0.2, -0.15) is 0 Å². The van der Waals surface area contributed by atoms with Crippen molar-refractivity contribution in [3.63, 3.8) is 0 Å². The van der Waals surface area contributed by atoms with E-state index in [9.17, 15) is 9.18 Å². The fourth-order valence-electron chi connectivity index (χ4n) is 1.92. The molecule has 0 heterocycles. The molecule has 0 N–H and O–H groups in total. The lowest BCUT2D eigenvalue weighted by molar-refractivity contribution is -0.125. The van der Waals surface area contributed by atoms with Crippen molar-refractivity contribution >= 4 is 14.6 Å². The summed E-state index contributed by atoms with van der Waals surface area (Å²) in [6.07, 6.45) is 2.15. The number of hydrogen-bond acceptors (Lipinski definition) is 2. The van der Waals surface area contributed by atoms with E-state index in [0.29, 0.717) is 25.7 Å². The minimum atomic E-state index is -1.71. The zero-order valence-electron chi connectivity index (χ0n) is 9.18. The van der Waals surface area contributed by atoms with Gasteiger partial charge in [0.25, 0.3) is 0 Å². The Morgan fingerprint density at radius 1 is 1.36 bits per heavy atom. The fourth-order valence-corrected chi connectivity index (χ4v) is 3.40. The van der Waals surface area contributed by atoms with E-state index in [1.165, 1.54) is 0 Å². The number of rotatable bonds is 3. The molecule has 0 aromatic rings. The molecule has 1 fully saturated rings. The van der Waals surface area contributed by atoms with Crippen LogP contribution in [0.2, 0.25) is 19.6 Å². The zero-order valence-corrected chi connectivity index (χ0v) is 10.2. The third-order valence-electron chi connectivity index (χ3n) is 2.49. The molecule has 0 aliphatic heterocycles. The number of aldehydes is 1. The second-order valence-electron chi connectivity index (χ2n) is 5.07. The van der Waals surface area contributed by atoms with Crippen LogP contribution in [0.15, 0.2) is 0 Å². The Kier molecular flexibility index (Phi) is 3.47. The highest BCUT2D eigenvalue weighted by molar-refractivity contribution is 6.70. The van der Waals surface area contributed by atoms with Crippen LogP contribution in [0.3, 0.4) is 0 Å². The van der Waals surface area contributed by atoms with Crippen LogP contribution in [0.25, 0.3) is 0 Å². The van der Waals surface area contributed by atoms with Crippen LogP contribution in [-0.2, 0) is 9.22 Å². The summed E-state index contributed by atoms with van der Waals surface area (Å²) in [4.78, 5) is 11.0. The molecule has 0 atom stereocenters. The van der Waals surface area contributed by atoms with Crippen molar-refractivity contribution in [3.8, 4) is 0 Å². The molecule has 0 unspecified atom stereocenters. The molecule has 1 saturated carbocycles. The minimum absolute atomic E-state index is 0.462. The van der Waals surface area contributed by atoms with Crippen LogP contribution >= 0.6 is 0 Å². The van der Waals surface area contributed by atoms with Gasteiger partial charge in [-0.3, -0.25) is 0 Å². The Hall–Kier alpha value is -0.223. The molecule has 0 bridgehead atoms. The summed E-state index contributed by atoms with van der Waals surface area (Å²) in [6.45, 7) is 6.17. The van der Waals surface area contributed by atoms with Crippen LogP contribution in [0.4, 0.5) is 4.39 Å². The Bertz CT molecular complexity index is 205. The van der Waals surface area contributed by atoms with Crippen LogP contribution in [0, 0.1) is 0 Å². The van der Waals surface area contributed by atoms with Crippen LogP contribution in [-0.4, -0.2) is 26.4 Å². The maximum atomic E-state index is 12.9. The molecule has 82 valence electrons. The largest absolute Gasteiger partial charge is 0.405 e. The first-order chi connectivity index (χ1) is 6.37. The van der Waals surface area contributed by atoms with Crippen LogP contribution < -0.4 is 0 Å². The molecule has 0 saturated heterocycles. The molecule has 0 aromatic heterocycles. The van der Waals surface area contributed by atoms with Crippen molar-refractivity contribution in [1.29, 1.82) is 0 Å². The predicted octanol–water partition coefficient (Wildman–Crippen LogP) is 2.69. The van der Waals surface area contributed by atoms with Crippen molar-refractivity contribution < 1.29 is 13.6 Å². The molecule has 1 aliphatic rings. The summed E-state index contributed by atoms with van der Waals surface area (Å²) < 4.78 is 18.8. The second kappa shape index (κ2) is 4.11. The Morgan fingerprint density at radius 2 is 1.86 bits per heavy atom. The summed E-state index contributed by atoms with van der Waals surface area (Å²) in [6, 6.07) is 0. The van der Waals surface area contributed by atoms with Gasteiger partial charge < -0.3 is 9.22 Å². The van der Waals surface area contributed by atoms with E-state index in [1.54, 1.807) is 0 Å². The Morgan fingerprint density at radius 3 is 2.21 bits per heavy atom. The van der Waals surface area contributed by atoms with Gasteiger partial charge in [0.15, 0.2) is 14.6 Å². The predicted molar refractivity (Wildman–Crippen MR) is 56.6 cm³/mol. The lowest BCUT2D eigenvalue weighted by atomic mass is 9.85. The molecule has 2 nitrogen and oxygen atoms in total. The number of carbonyl (C=O) groups excluding carboxylic acids is 1.